The largest absolute Gasteiger partial charge is 0.492 e. The first-order chi connectivity index (χ1) is 6.86. The predicted molar refractivity (Wildman–Crippen MR) is 59.7 cm³/mol. The normalized spacial score (nSPS) is 22.9. The fourth-order valence-electron chi connectivity index (χ4n) is 1.73. The summed E-state index contributed by atoms with van der Waals surface area (Å²) in [6, 6.07) is 8.87. The molecule has 5 radical (unpaired) electrons. The van der Waals surface area contributed by atoms with Crippen LogP contribution in [-0.4, -0.2) is 24.7 Å². The van der Waals surface area contributed by atoms with Gasteiger partial charge in [0, 0.05) is 21.7 Å². The number of ether oxygens (including phenoxy) is 1. The van der Waals surface area contributed by atoms with E-state index >= 15 is 0 Å². The fourth-order valence-corrected chi connectivity index (χ4v) is 2.06. The van der Waals surface area contributed by atoms with E-state index in [1.807, 2.05) is 24.3 Å². The van der Waals surface area contributed by atoms with E-state index in [0.29, 0.717) is 12.5 Å². The van der Waals surface area contributed by atoms with Crippen molar-refractivity contribution in [2.75, 3.05) is 6.61 Å². The highest BCUT2D eigenvalue weighted by atomic mass is 28.1. The Balaban J connectivity index is 2.45. The van der Waals surface area contributed by atoms with E-state index in [4.69, 9.17) is 12.6 Å². The van der Waals surface area contributed by atoms with E-state index < -0.39 is 0 Å². The van der Waals surface area contributed by atoms with Gasteiger partial charge in [-0.05, 0) is 11.6 Å². The summed E-state index contributed by atoms with van der Waals surface area (Å²) in [6.07, 6.45) is 0. The maximum atomic E-state index is 5.64. The van der Waals surface area contributed by atoms with E-state index in [1.54, 1.807) is 5.98 Å². The average Bonchev–Trinajstić information content (AvgIpc) is 2.27. The molecule has 1 unspecified atom stereocenters. The molecule has 2 rings (SSSR count). The topological polar surface area (TPSA) is 9.23 Å². The third kappa shape index (κ3) is 1.52. The van der Waals surface area contributed by atoms with E-state index in [9.17, 15) is 0 Å². The van der Waals surface area contributed by atoms with Crippen molar-refractivity contribution < 1.29 is 4.74 Å². The summed E-state index contributed by atoms with van der Waals surface area (Å²) >= 11 is 0. The van der Waals surface area contributed by atoms with Crippen molar-refractivity contribution in [3.8, 4) is 5.75 Å². The minimum Gasteiger partial charge on any atom is -0.492 e. The maximum absolute atomic E-state index is 5.64. The second kappa shape index (κ2) is 4.05. The van der Waals surface area contributed by atoms with Gasteiger partial charge in [0.05, 0.1) is 6.61 Å². The first kappa shape index (κ1) is 9.59. The van der Waals surface area contributed by atoms with Crippen LogP contribution in [0.25, 0.3) is 5.57 Å². The zero-order valence-electron chi connectivity index (χ0n) is 7.86. The average molecular weight is 197 g/mol. The third-order valence-electron chi connectivity index (χ3n) is 2.50. The number of hydrogen-bond acceptors (Lipinski definition) is 1. The molecule has 1 atom stereocenters. The van der Waals surface area contributed by atoms with Crippen LogP contribution in [0.5, 0.6) is 5.75 Å². The summed E-state index contributed by atoms with van der Waals surface area (Å²) in [6.45, 7) is 0.698. The van der Waals surface area contributed by atoms with Crippen LogP contribution in [0.15, 0.2) is 30.2 Å². The lowest BCUT2D eigenvalue weighted by Crippen LogP contribution is -2.19. The van der Waals surface area contributed by atoms with Crippen molar-refractivity contribution in [2.24, 2.45) is 5.92 Å². The van der Waals surface area contributed by atoms with Crippen molar-refractivity contribution in [3.63, 3.8) is 0 Å². The van der Waals surface area contributed by atoms with Gasteiger partial charge in [-0.1, -0.05) is 24.2 Å². The van der Waals surface area contributed by atoms with Gasteiger partial charge in [0.2, 0.25) is 0 Å². The monoisotopic (exact) mass is 197 g/mol. The van der Waals surface area contributed by atoms with E-state index in [-0.39, 0.29) is 0 Å². The van der Waals surface area contributed by atoms with Crippen molar-refractivity contribution in [1.29, 1.82) is 0 Å². The SMILES string of the molecule is [B]/C=C1/c2ccccc2OCC1C[Si]. The van der Waals surface area contributed by atoms with Crippen LogP contribution in [0, 0.1) is 5.92 Å². The highest BCUT2D eigenvalue weighted by molar-refractivity contribution is 6.21. The van der Waals surface area contributed by atoms with Crippen LogP contribution < -0.4 is 4.74 Å². The smallest absolute Gasteiger partial charge is 0.126 e. The molecule has 0 N–H and O–H groups in total. The van der Waals surface area contributed by atoms with Crippen LogP contribution in [0.4, 0.5) is 0 Å². The summed E-state index contributed by atoms with van der Waals surface area (Å²) in [5.41, 5.74) is 2.28. The van der Waals surface area contributed by atoms with Crippen LogP contribution in [0.1, 0.15) is 5.56 Å². The number of fused-ring (bicyclic) bond motifs is 1. The summed E-state index contributed by atoms with van der Waals surface area (Å²) in [4.78, 5) is 0. The highest BCUT2D eigenvalue weighted by Gasteiger charge is 2.22. The number of para-hydroxylation sites is 1. The Kier molecular flexibility index (Phi) is 2.77. The molecule has 0 saturated heterocycles. The van der Waals surface area contributed by atoms with Gasteiger partial charge in [0.15, 0.2) is 0 Å². The summed E-state index contributed by atoms with van der Waals surface area (Å²) < 4.78 is 5.63. The third-order valence-corrected chi connectivity index (χ3v) is 3.00. The standard InChI is InChI=1S/C11H10BOSi/c12-5-10-8(7-14)6-13-11-4-2-1-3-9(10)11/h1-5,8H,6-7H2/b10-5+. The van der Waals surface area contributed by atoms with E-state index in [0.717, 1.165) is 17.4 Å². The van der Waals surface area contributed by atoms with Crippen molar-refractivity contribution in [2.45, 2.75) is 6.04 Å². The molecule has 67 valence electrons. The Bertz CT molecular complexity index is 362. The molecular weight excluding hydrogens is 187 g/mol. The van der Waals surface area contributed by atoms with Crippen molar-refractivity contribution >= 4 is 23.7 Å². The lowest BCUT2D eigenvalue weighted by Gasteiger charge is -2.27. The van der Waals surface area contributed by atoms with Gasteiger partial charge >= 0.3 is 0 Å². The number of hydrogen-bond donors (Lipinski definition) is 0. The molecule has 0 spiro atoms. The number of benzene rings is 1. The predicted octanol–water partition coefficient (Wildman–Crippen LogP) is 1.79. The molecule has 1 heterocycles. The molecule has 0 aliphatic carbocycles. The Morgan fingerprint density at radius 1 is 1.50 bits per heavy atom. The summed E-state index contributed by atoms with van der Waals surface area (Å²) in [5, 5.41) is 0. The van der Waals surface area contributed by atoms with Crippen molar-refractivity contribution in [1.82, 2.24) is 0 Å². The molecule has 1 aromatic carbocycles. The molecule has 3 heteroatoms. The van der Waals surface area contributed by atoms with Crippen molar-refractivity contribution in [3.05, 3.63) is 35.8 Å². The second-order valence-electron chi connectivity index (χ2n) is 3.33. The lowest BCUT2D eigenvalue weighted by atomic mass is 9.87. The van der Waals surface area contributed by atoms with Gasteiger partial charge in [0.1, 0.15) is 13.6 Å². The molecule has 0 bridgehead atoms. The number of rotatable bonds is 1. The Hall–Kier alpha value is -0.958. The van der Waals surface area contributed by atoms with E-state index in [2.05, 4.69) is 10.2 Å². The molecule has 0 fully saturated rings. The van der Waals surface area contributed by atoms with Gasteiger partial charge in [-0.15, -0.1) is 5.98 Å². The Labute approximate surface area is 89.0 Å². The first-order valence-electron chi connectivity index (χ1n) is 4.65. The van der Waals surface area contributed by atoms with Gasteiger partial charge in [-0.25, -0.2) is 0 Å². The van der Waals surface area contributed by atoms with Gasteiger partial charge in [-0.2, -0.15) is 0 Å². The molecule has 1 aliphatic rings. The molecule has 1 aliphatic heterocycles. The zero-order valence-corrected chi connectivity index (χ0v) is 8.86. The minimum atomic E-state index is 0.353. The minimum absolute atomic E-state index is 0.353. The molecule has 1 aromatic rings. The van der Waals surface area contributed by atoms with Crippen LogP contribution in [0.2, 0.25) is 6.04 Å². The molecular formula is C11H10BOSi. The van der Waals surface area contributed by atoms with Gasteiger partial charge < -0.3 is 4.74 Å². The lowest BCUT2D eigenvalue weighted by molar-refractivity contribution is 0.276. The fraction of sp³-hybridized carbons (Fsp3) is 0.273. The molecule has 14 heavy (non-hydrogen) atoms. The van der Waals surface area contributed by atoms with Gasteiger partial charge in [0.25, 0.3) is 0 Å². The second-order valence-corrected chi connectivity index (χ2v) is 3.74. The molecule has 0 aromatic heterocycles. The zero-order chi connectivity index (χ0) is 9.97. The maximum Gasteiger partial charge on any atom is 0.126 e. The van der Waals surface area contributed by atoms with Crippen LogP contribution in [0.3, 0.4) is 0 Å². The van der Waals surface area contributed by atoms with Gasteiger partial charge in [-0.3, -0.25) is 0 Å². The molecule has 1 nitrogen and oxygen atoms in total. The molecule has 0 amide bonds. The highest BCUT2D eigenvalue weighted by Crippen LogP contribution is 2.36. The van der Waals surface area contributed by atoms with E-state index in [1.165, 1.54) is 5.57 Å². The quantitative estimate of drug-likeness (QED) is 0.623. The van der Waals surface area contributed by atoms with Crippen LogP contribution >= 0.6 is 0 Å². The van der Waals surface area contributed by atoms with Crippen LogP contribution in [-0.2, 0) is 0 Å². The Morgan fingerprint density at radius 3 is 3.00 bits per heavy atom. The Morgan fingerprint density at radius 2 is 2.29 bits per heavy atom. The molecule has 0 saturated carbocycles. The first-order valence-corrected chi connectivity index (χ1v) is 5.36. The summed E-state index contributed by atoms with van der Waals surface area (Å²) in [5.74, 6) is 2.97. The summed E-state index contributed by atoms with van der Waals surface area (Å²) in [7, 11) is 9.16.